The van der Waals surface area contributed by atoms with Crippen LogP contribution in [0.4, 0.5) is 4.79 Å². The first-order valence-corrected chi connectivity index (χ1v) is 8.70. The first-order chi connectivity index (χ1) is 12.8. The number of benzene rings is 1. The van der Waals surface area contributed by atoms with Crippen LogP contribution in [-0.4, -0.2) is 38.9 Å². The van der Waals surface area contributed by atoms with Crippen LogP contribution in [0.15, 0.2) is 23.4 Å². The number of hydrogen-bond acceptors (Lipinski definition) is 6. The van der Waals surface area contributed by atoms with Gasteiger partial charge in [0.2, 0.25) is 5.75 Å². The van der Waals surface area contributed by atoms with Crippen LogP contribution in [0.1, 0.15) is 39.3 Å². The molecule has 148 valence electrons. The number of rotatable bonds is 7. The summed E-state index contributed by atoms with van der Waals surface area (Å²) in [6.07, 6.45) is -0.291. The van der Waals surface area contributed by atoms with Crippen LogP contribution in [0, 0.1) is 0 Å². The molecule has 1 aliphatic rings. The molecule has 2 amide bonds. The van der Waals surface area contributed by atoms with Crippen LogP contribution < -0.4 is 24.8 Å². The molecule has 1 aromatic rings. The lowest BCUT2D eigenvalue weighted by Gasteiger charge is -2.29. The number of carbonyl (C=O) groups excluding carboxylic acids is 2. The van der Waals surface area contributed by atoms with Crippen LogP contribution in [0.5, 0.6) is 17.2 Å². The SMILES string of the molecule is CCOc1c(OC)cc(C2NC(=O)NC(C)=C2C(=O)OC(C)C)cc1OC. The van der Waals surface area contributed by atoms with Crippen LogP contribution in [0.3, 0.4) is 0 Å². The number of esters is 1. The molecule has 1 aromatic carbocycles. The van der Waals surface area contributed by atoms with Gasteiger partial charge in [-0.3, -0.25) is 0 Å². The van der Waals surface area contributed by atoms with Gasteiger partial charge in [-0.2, -0.15) is 0 Å². The molecule has 0 aromatic heterocycles. The number of ether oxygens (including phenoxy) is 4. The molecule has 1 unspecified atom stereocenters. The maximum atomic E-state index is 12.6. The zero-order chi connectivity index (χ0) is 20.1. The van der Waals surface area contributed by atoms with Crippen molar-refractivity contribution in [3.05, 3.63) is 29.0 Å². The Morgan fingerprint density at radius 2 is 1.78 bits per heavy atom. The van der Waals surface area contributed by atoms with E-state index in [-0.39, 0.29) is 6.10 Å². The minimum atomic E-state index is -0.719. The van der Waals surface area contributed by atoms with Crippen molar-refractivity contribution in [2.24, 2.45) is 0 Å². The molecule has 1 aliphatic heterocycles. The van der Waals surface area contributed by atoms with Gasteiger partial charge in [-0.15, -0.1) is 0 Å². The van der Waals surface area contributed by atoms with E-state index >= 15 is 0 Å². The Kier molecular flexibility index (Phi) is 6.55. The summed E-state index contributed by atoms with van der Waals surface area (Å²) in [5.41, 5.74) is 1.36. The number of methoxy groups -OCH3 is 2. The number of amides is 2. The summed E-state index contributed by atoms with van der Waals surface area (Å²) in [7, 11) is 3.02. The first-order valence-electron chi connectivity index (χ1n) is 8.70. The van der Waals surface area contributed by atoms with E-state index in [0.717, 1.165) is 0 Å². The topological polar surface area (TPSA) is 95.1 Å². The van der Waals surface area contributed by atoms with E-state index in [1.165, 1.54) is 14.2 Å². The van der Waals surface area contributed by atoms with Crippen molar-refractivity contribution < 1.29 is 28.5 Å². The number of carbonyl (C=O) groups is 2. The predicted molar refractivity (Wildman–Crippen MR) is 99.1 cm³/mol. The molecule has 0 saturated carbocycles. The molecule has 8 heteroatoms. The van der Waals surface area contributed by atoms with Crippen molar-refractivity contribution in [2.75, 3.05) is 20.8 Å². The Labute approximate surface area is 158 Å². The first kappa shape index (κ1) is 20.4. The van der Waals surface area contributed by atoms with Gasteiger partial charge in [0.1, 0.15) is 0 Å². The van der Waals surface area contributed by atoms with Crippen LogP contribution >= 0.6 is 0 Å². The molecule has 27 heavy (non-hydrogen) atoms. The largest absolute Gasteiger partial charge is 0.493 e. The Morgan fingerprint density at radius 1 is 1.19 bits per heavy atom. The van der Waals surface area contributed by atoms with E-state index < -0.39 is 18.0 Å². The lowest BCUT2D eigenvalue weighted by atomic mass is 9.95. The zero-order valence-corrected chi connectivity index (χ0v) is 16.5. The summed E-state index contributed by atoms with van der Waals surface area (Å²) >= 11 is 0. The van der Waals surface area contributed by atoms with Crippen molar-refractivity contribution in [2.45, 2.75) is 39.8 Å². The van der Waals surface area contributed by atoms with E-state index in [1.54, 1.807) is 32.9 Å². The van der Waals surface area contributed by atoms with Crippen molar-refractivity contribution in [1.29, 1.82) is 0 Å². The summed E-state index contributed by atoms with van der Waals surface area (Å²) < 4.78 is 21.8. The van der Waals surface area contributed by atoms with Gasteiger partial charge in [0.25, 0.3) is 0 Å². The number of urea groups is 1. The maximum absolute atomic E-state index is 12.6. The third-order valence-electron chi connectivity index (χ3n) is 3.94. The molecule has 2 N–H and O–H groups in total. The fourth-order valence-corrected chi connectivity index (χ4v) is 2.85. The standard InChI is InChI=1S/C19H26N2O6/c1-7-26-17-13(24-5)8-12(9-14(17)25-6)16-15(18(22)27-10(2)3)11(4)20-19(23)21-16/h8-10,16H,7H2,1-6H3,(H2,20,21,23). The van der Waals surface area contributed by atoms with Gasteiger partial charge < -0.3 is 29.6 Å². The van der Waals surface area contributed by atoms with Gasteiger partial charge in [0.15, 0.2) is 11.5 Å². The quantitative estimate of drug-likeness (QED) is 0.709. The molecule has 0 bridgehead atoms. The molecular formula is C19H26N2O6. The van der Waals surface area contributed by atoms with Gasteiger partial charge in [0, 0.05) is 5.70 Å². The van der Waals surface area contributed by atoms with E-state index in [0.29, 0.717) is 40.7 Å². The van der Waals surface area contributed by atoms with Crippen LogP contribution in [0.25, 0.3) is 0 Å². The summed E-state index contributed by atoms with van der Waals surface area (Å²) in [5.74, 6) is 0.826. The summed E-state index contributed by atoms with van der Waals surface area (Å²) in [5, 5.41) is 5.37. The van der Waals surface area contributed by atoms with Crippen LogP contribution in [0.2, 0.25) is 0 Å². The van der Waals surface area contributed by atoms with Crippen molar-refractivity contribution >= 4 is 12.0 Å². The van der Waals surface area contributed by atoms with Gasteiger partial charge in [0.05, 0.1) is 38.5 Å². The lowest BCUT2D eigenvalue weighted by molar-refractivity contribution is -0.143. The van der Waals surface area contributed by atoms with Gasteiger partial charge >= 0.3 is 12.0 Å². The molecule has 2 rings (SSSR count). The molecule has 0 fully saturated rings. The Morgan fingerprint density at radius 3 is 2.26 bits per heavy atom. The zero-order valence-electron chi connectivity index (χ0n) is 16.5. The number of allylic oxidation sites excluding steroid dienone is 1. The Hall–Kier alpha value is -2.90. The Balaban J connectivity index is 2.57. The molecule has 8 nitrogen and oxygen atoms in total. The van der Waals surface area contributed by atoms with Crippen molar-refractivity contribution in [3.63, 3.8) is 0 Å². The van der Waals surface area contributed by atoms with E-state index in [2.05, 4.69) is 10.6 Å². The van der Waals surface area contributed by atoms with Gasteiger partial charge in [-0.25, -0.2) is 9.59 Å². The minimum absolute atomic E-state index is 0.291. The fourth-order valence-electron chi connectivity index (χ4n) is 2.85. The molecule has 0 aliphatic carbocycles. The van der Waals surface area contributed by atoms with Gasteiger partial charge in [-0.1, -0.05) is 0 Å². The van der Waals surface area contributed by atoms with E-state index in [1.807, 2.05) is 6.92 Å². The Bertz CT molecular complexity index is 732. The van der Waals surface area contributed by atoms with Crippen LogP contribution in [-0.2, 0) is 9.53 Å². The average molecular weight is 378 g/mol. The maximum Gasteiger partial charge on any atom is 0.338 e. The van der Waals surface area contributed by atoms with Gasteiger partial charge in [-0.05, 0) is 45.4 Å². The smallest absolute Gasteiger partial charge is 0.338 e. The number of hydrogen-bond donors (Lipinski definition) is 2. The van der Waals surface area contributed by atoms with Crippen molar-refractivity contribution in [3.8, 4) is 17.2 Å². The molecular weight excluding hydrogens is 352 g/mol. The normalized spacial score (nSPS) is 16.6. The monoisotopic (exact) mass is 378 g/mol. The highest BCUT2D eigenvalue weighted by Crippen LogP contribution is 2.41. The molecule has 0 spiro atoms. The summed E-state index contributed by atoms with van der Waals surface area (Å²) in [6, 6.07) is 2.29. The van der Waals surface area contributed by atoms with Crippen molar-refractivity contribution in [1.82, 2.24) is 10.6 Å². The number of nitrogens with one attached hydrogen (secondary N) is 2. The summed E-state index contributed by atoms with van der Waals surface area (Å²) in [6.45, 7) is 7.47. The highest BCUT2D eigenvalue weighted by atomic mass is 16.5. The molecule has 0 radical (unpaired) electrons. The lowest BCUT2D eigenvalue weighted by Crippen LogP contribution is -2.45. The molecule has 1 atom stereocenters. The highest BCUT2D eigenvalue weighted by molar-refractivity contribution is 5.95. The fraction of sp³-hybridized carbons (Fsp3) is 0.474. The second kappa shape index (κ2) is 8.66. The van der Waals surface area contributed by atoms with E-state index in [9.17, 15) is 9.59 Å². The highest BCUT2D eigenvalue weighted by Gasteiger charge is 2.34. The van der Waals surface area contributed by atoms with E-state index in [4.69, 9.17) is 18.9 Å². The third-order valence-corrected chi connectivity index (χ3v) is 3.94. The second-order valence-corrected chi connectivity index (χ2v) is 6.21. The molecule has 0 saturated heterocycles. The third kappa shape index (κ3) is 4.45. The predicted octanol–water partition coefficient (Wildman–Crippen LogP) is 2.68. The average Bonchev–Trinajstić information content (AvgIpc) is 2.60. The minimum Gasteiger partial charge on any atom is -0.493 e. The second-order valence-electron chi connectivity index (χ2n) is 6.21. The molecule has 1 heterocycles. The summed E-state index contributed by atoms with van der Waals surface area (Å²) in [4.78, 5) is 24.7.